The van der Waals surface area contributed by atoms with Gasteiger partial charge in [0, 0.05) is 26.4 Å². The Morgan fingerprint density at radius 2 is 2.33 bits per heavy atom. The minimum atomic E-state index is 0.0194. The van der Waals surface area contributed by atoms with Crippen LogP contribution in [-0.2, 0) is 22.4 Å². The number of carbonyl (C=O) groups excluding carboxylic acids is 1. The Morgan fingerprint density at radius 3 is 3.11 bits per heavy atom. The Morgan fingerprint density at radius 1 is 1.50 bits per heavy atom. The van der Waals surface area contributed by atoms with Crippen LogP contribution in [0.2, 0.25) is 0 Å². The van der Waals surface area contributed by atoms with Crippen molar-refractivity contribution >= 4 is 5.78 Å². The standard InChI is InChI=1S/C15H20O3/c1-11(17-2)9-14(16)5-3-12-4-6-15-13(10-12)7-8-18-15/h4,6,10-11H,3,5,7-9H2,1-2H3. The van der Waals surface area contributed by atoms with Crippen LogP contribution in [0.25, 0.3) is 0 Å². The molecule has 1 aliphatic heterocycles. The monoisotopic (exact) mass is 248 g/mol. The summed E-state index contributed by atoms with van der Waals surface area (Å²) in [6.45, 7) is 2.70. The maximum atomic E-state index is 11.7. The van der Waals surface area contributed by atoms with E-state index in [2.05, 4.69) is 12.1 Å². The predicted molar refractivity (Wildman–Crippen MR) is 70.1 cm³/mol. The average molecular weight is 248 g/mol. The van der Waals surface area contributed by atoms with E-state index in [1.165, 1.54) is 11.1 Å². The summed E-state index contributed by atoms with van der Waals surface area (Å²) in [4.78, 5) is 11.7. The Hall–Kier alpha value is -1.35. The second-order valence-electron chi connectivity index (χ2n) is 4.83. The molecule has 1 aliphatic rings. The highest BCUT2D eigenvalue weighted by Crippen LogP contribution is 2.26. The minimum absolute atomic E-state index is 0.0194. The van der Waals surface area contributed by atoms with E-state index in [1.54, 1.807) is 7.11 Å². The lowest BCUT2D eigenvalue weighted by Crippen LogP contribution is -2.12. The van der Waals surface area contributed by atoms with Crippen molar-refractivity contribution in [3.05, 3.63) is 29.3 Å². The first-order valence-corrected chi connectivity index (χ1v) is 6.48. The maximum Gasteiger partial charge on any atom is 0.135 e. The van der Waals surface area contributed by atoms with Crippen molar-refractivity contribution < 1.29 is 14.3 Å². The molecule has 0 radical (unpaired) electrons. The summed E-state index contributed by atoms with van der Waals surface area (Å²) < 4.78 is 10.6. The number of fused-ring (bicyclic) bond motifs is 1. The molecule has 3 heteroatoms. The van der Waals surface area contributed by atoms with Gasteiger partial charge in [-0.05, 0) is 30.5 Å². The largest absolute Gasteiger partial charge is 0.493 e. The molecule has 0 N–H and O–H groups in total. The van der Waals surface area contributed by atoms with Crippen molar-refractivity contribution in [2.24, 2.45) is 0 Å². The second-order valence-corrected chi connectivity index (χ2v) is 4.83. The normalized spacial score (nSPS) is 15.0. The lowest BCUT2D eigenvalue weighted by atomic mass is 10.0. The molecule has 0 fully saturated rings. The summed E-state index contributed by atoms with van der Waals surface area (Å²) in [5.74, 6) is 1.26. The van der Waals surface area contributed by atoms with Crippen molar-refractivity contribution in [1.82, 2.24) is 0 Å². The third-order valence-corrected chi connectivity index (χ3v) is 3.36. The molecule has 98 valence electrons. The van der Waals surface area contributed by atoms with Crippen LogP contribution in [-0.4, -0.2) is 25.6 Å². The molecule has 0 saturated carbocycles. The number of benzene rings is 1. The fraction of sp³-hybridized carbons (Fsp3) is 0.533. The van der Waals surface area contributed by atoms with Gasteiger partial charge in [0.1, 0.15) is 11.5 Å². The highest BCUT2D eigenvalue weighted by molar-refractivity contribution is 5.79. The van der Waals surface area contributed by atoms with Crippen LogP contribution < -0.4 is 4.74 Å². The molecular weight excluding hydrogens is 228 g/mol. The highest BCUT2D eigenvalue weighted by atomic mass is 16.5. The number of carbonyl (C=O) groups is 1. The summed E-state index contributed by atoms with van der Waals surface area (Å²) in [7, 11) is 1.64. The van der Waals surface area contributed by atoms with E-state index < -0.39 is 0 Å². The molecule has 0 saturated heterocycles. The Labute approximate surface area is 108 Å². The summed E-state index contributed by atoms with van der Waals surface area (Å²) >= 11 is 0. The summed E-state index contributed by atoms with van der Waals surface area (Å²) in [5, 5.41) is 0. The van der Waals surface area contributed by atoms with Gasteiger partial charge in [-0.15, -0.1) is 0 Å². The maximum absolute atomic E-state index is 11.7. The van der Waals surface area contributed by atoms with Crippen LogP contribution in [0.4, 0.5) is 0 Å². The number of ketones is 1. The summed E-state index contributed by atoms with van der Waals surface area (Å²) in [6.07, 6.45) is 2.91. The molecule has 18 heavy (non-hydrogen) atoms. The second kappa shape index (κ2) is 6.01. The lowest BCUT2D eigenvalue weighted by molar-refractivity contribution is -0.121. The predicted octanol–water partition coefficient (Wildman–Crippen LogP) is 2.55. The van der Waals surface area contributed by atoms with E-state index in [0.29, 0.717) is 12.8 Å². The van der Waals surface area contributed by atoms with Gasteiger partial charge in [-0.3, -0.25) is 4.79 Å². The first-order valence-electron chi connectivity index (χ1n) is 6.48. The van der Waals surface area contributed by atoms with Crippen LogP contribution in [0.15, 0.2) is 18.2 Å². The van der Waals surface area contributed by atoms with Crippen LogP contribution in [0.1, 0.15) is 30.9 Å². The molecule has 0 spiro atoms. The molecule has 3 nitrogen and oxygen atoms in total. The van der Waals surface area contributed by atoms with E-state index in [-0.39, 0.29) is 11.9 Å². The van der Waals surface area contributed by atoms with Crippen molar-refractivity contribution in [3.63, 3.8) is 0 Å². The third kappa shape index (κ3) is 3.33. The van der Waals surface area contributed by atoms with E-state index in [1.807, 2.05) is 13.0 Å². The Kier molecular flexibility index (Phi) is 4.37. The van der Waals surface area contributed by atoms with Crippen LogP contribution in [0, 0.1) is 0 Å². The first-order chi connectivity index (χ1) is 8.69. The third-order valence-electron chi connectivity index (χ3n) is 3.36. The Balaban J connectivity index is 1.85. The lowest BCUT2D eigenvalue weighted by Gasteiger charge is -2.08. The van der Waals surface area contributed by atoms with Crippen LogP contribution >= 0.6 is 0 Å². The molecule has 0 aliphatic carbocycles. The van der Waals surface area contributed by atoms with Gasteiger partial charge in [-0.1, -0.05) is 12.1 Å². The first kappa shape index (κ1) is 13.1. The van der Waals surface area contributed by atoms with Gasteiger partial charge in [0.15, 0.2) is 0 Å². The molecule has 1 atom stereocenters. The number of hydrogen-bond donors (Lipinski definition) is 0. The number of methoxy groups -OCH3 is 1. The molecule has 1 aromatic carbocycles. The number of Topliss-reactive ketones (excluding diaryl/α,β-unsaturated/α-hetero) is 1. The minimum Gasteiger partial charge on any atom is -0.493 e. The van der Waals surface area contributed by atoms with Gasteiger partial charge in [0.25, 0.3) is 0 Å². The van der Waals surface area contributed by atoms with Crippen molar-refractivity contribution in [2.45, 2.75) is 38.7 Å². The molecule has 0 aromatic heterocycles. The molecular formula is C15H20O3. The zero-order valence-electron chi connectivity index (χ0n) is 11.1. The number of rotatable bonds is 6. The number of ether oxygens (including phenoxy) is 2. The topological polar surface area (TPSA) is 35.5 Å². The molecule has 1 unspecified atom stereocenters. The van der Waals surface area contributed by atoms with E-state index in [0.717, 1.165) is 25.2 Å². The zero-order chi connectivity index (χ0) is 13.0. The molecule has 1 aromatic rings. The smallest absolute Gasteiger partial charge is 0.135 e. The van der Waals surface area contributed by atoms with Crippen molar-refractivity contribution in [2.75, 3.05) is 13.7 Å². The summed E-state index contributed by atoms with van der Waals surface area (Å²) in [6, 6.07) is 6.23. The van der Waals surface area contributed by atoms with Gasteiger partial charge in [-0.25, -0.2) is 0 Å². The SMILES string of the molecule is COC(C)CC(=O)CCc1ccc2c(c1)CCO2. The van der Waals surface area contributed by atoms with Crippen molar-refractivity contribution in [3.8, 4) is 5.75 Å². The van der Waals surface area contributed by atoms with E-state index in [9.17, 15) is 4.79 Å². The van der Waals surface area contributed by atoms with Crippen molar-refractivity contribution in [1.29, 1.82) is 0 Å². The van der Waals surface area contributed by atoms with Gasteiger partial charge in [0.2, 0.25) is 0 Å². The van der Waals surface area contributed by atoms with Crippen LogP contribution in [0.5, 0.6) is 5.75 Å². The fourth-order valence-corrected chi connectivity index (χ4v) is 2.19. The van der Waals surface area contributed by atoms with E-state index >= 15 is 0 Å². The summed E-state index contributed by atoms with van der Waals surface area (Å²) in [5.41, 5.74) is 2.49. The van der Waals surface area contributed by atoms with Crippen LogP contribution in [0.3, 0.4) is 0 Å². The van der Waals surface area contributed by atoms with Gasteiger partial charge >= 0.3 is 0 Å². The van der Waals surface area contributed by atoms with Gasteiger partial charge in [0.05, 0.1) is 12.7 Å². The molecule has 0 amide bonds. The average Bonchev–Trinajstić information content (AvgIpc) is 2.83. The Bertz CT molecular complexity index is 426. The quantitative estimate of drug-likeness (QED) is 0.776. The highest BCUT2D eigenvalue weighted by Gasteiger charge is 2.13. The van der Waals surface area contributed by atoms with E-state index in [4.69, 9.17) is 9.47 Å². The number of aryl methyl sites for hydroxylation is 1. The fourth-order valence-electron chi connectivity index (χ4n) is 2.19. The number of hydrogen-bond acceptors (Lipinski definition) is 3. The van der Waals surface area contributed by atoms with Gasteiger partial charge < -0.3 is 9.47 Å². The molecule has 2 rings (SSSR count). The molecule has 1 heterocycles. The zero-order valence-corrected chi connectivity index (χ0v) is 11.1. The molecule has 0 bridgehead atoms. The van der Waals surface area contributed by atoms with Gasteiger partial charge in [-0.2, -0.15) is 0 Å².